The van der Waals surface area contributed by atoms with Crippen molar-refractivity contribution in [3.05, 3.63) is 53.3 Å². The SMILES string of the molecule is Cc1ccnc(C(C)C)c1Nc1ccccc1C(N)=O. The molecule has 1 aromatic carbocycles. The van der Waals surface area contributed by atoms with Gasteiger partial charge in [0.05, 0.1) is 22.6 Å². The van der Waals surface area contributed by atoms with Crippen molar-refractivity contribution in [3.63, 3.8) is 0 Å². The lowest BCUT2D eigenvalue weighted by atomic mass is 10.0. The molecule has 3 N–H and O–H groups in total. The Hall–Kier alpha value is -2.36. The summed E-state index contributed by atoms with van der Waals surface area (Å²) >= 11 is 0. The van der Waals surface area contributed by atoms with Gasteiger partial charge in [-0.3, -0.25) is 9.78 Å². The highest BCUT2D eigenvalue weighted by Gasteiger charge is 2.13. The molecule has 20 heavy (non-hydrogen) atoms. The fourth-order valence-corrected chi connectivity index (χ4v) is 2.12. The predicted molar refractivity (Wildman–Crippen MR) is 81.3 cm³/mol. The van der Waals surface area contributed by atoms with Gasteiger partial charge in [0.2, 0.25) is 0 Å². The number of benzene rings is 1. The van der Waals surface area contributed by atoms with Crippen LogP contribution in [0.5, 0.6) is 0 Å². The van der Waals surface area contributed by atoms with Crippen LogP contribution in [0, 0.1) is 6.92 Å². The molecule has 1 aromatic heterocycles. The van der Waals surface area contributed by atoms with Gasteiger partial charge in [0, 0.05) is 6.20 Å². The zero-order chi connectivity index (χ0) is 14.7. The number of nitrogens with one attached hydrogen (secondary N) is 1. The molecule has 0 aliphatic rings. The summed E-state index contributed by atoms with van der Waals surface area (Å²) in [5.74, 6) is -0.154. The van der Waals surface area contributed by atoms with Crippen LogP contribution in [0.4, 0.5) is 11.4 Å². The molecule has 0 unspecified atom stereocenters. The van der Waals surface area contributed by atoms with Gasteiger partial charge >= 0.3 is 0 Å². The Morgan fingerprint density at radius 1 is 1.25 bits per heavy atom. The first-order valence-corrected chi connectivity index (χ1v) is 6.62. The summed E-state index contributed by atoms with van der Waals surface area (Å²) in [6.45, 7) is 6.20. The molecule has 0 radical (unpaired) electrons. The Balaban J connectivity index is 2.48. The standard InChI is InChI=1S/C16H19N3O/c1-10(2)14-15(11(3)8-9-18-14)19-13-7-5-4-6-12(13)16(17)20/h4-10,19H,1-3H3,(H2,17,20). The maximum atomic E-state index is 11.5. The van der Waals surface area contributed by atoms with Gasteiger partial charge in [0.15, 0.2) is 0 Å². The molecule has 104 valence electrons. The number of nitrogens with two attached hydrogens (primary N) is 1. The van der Waals surface area contributed by atoms with Crippen LogP contribution < -0.4 is 11.1 Å². The molecule has 0 aliphatic heterocycles. The first-order chi connectivity index (χ1) is 9.50. The molecule has 0 bridgehead atoms. The second-order valence-corrected chi connectivity index (χ2v) is 5.08. The van der Waals surface area contributed by atoms with Crippen molar-refractivity contribution in [2.24, 2.45) is 5.73 Å². The average Bonchev–Trinajstić information content (AvgIpc) is 2.41. The monoisotopic (exact) mass is 269 g/mol. The van der Waals surface area contributed by atoms with E-state index in [2.05, 4.69) is 24.1 Å². The number of aryl methyl sites for hydroxylation is 1. The Bertz CT molecular complexity index is 635. The van der Waals surface area contributed by atoms with Crippen molar-refractivity contribution in [2.45, 2.75) is 26.7 Å². The number of carbonyl (C=O) groups is 1. The highest BCUT2D eigenvalue weighted by molar-refractivity contribution is 5.99. The summed E-state index contributed by atoms with van der Waals surface area (Å²) in [6.07, 6.45) is 1.80. The molecule has 0 atom stereocenters. The molecule has 4 nitrogen and oxygen atoms in total. The van der Waals surface area contributed by atoms with Gasteiger partial charge in [-0.25, -0.2) is 0 Å². The quantitative estimate of drug-likeness (QED) is 0.894. The number of primary amides is 1. The number of carbonyl (C=O) groups excluding carboxylic acids is 1. The third-order valence-corrected chi connectivity index (χ3v) is 3.19. The zero-order valence-corrected chi connectivity index (χ0v) is 12.0. The normalized spacial score (nSPS) is 10.6. The van der Waals surface area contributed by atoms with Crippen molar-refractivity contribution in [3.8, 4) is 0 Å². The molecule has 0 spiro atoms. The van der Waals surface area contributed by atoms with Gasteiger partial charge in [0.25, 0.3) is 5.91 Å². The van der Waals surface area contributed by atoms with E-state index in [0.29, 0.717) is 11.3 Å². The van der Waals surface area contributed by atoms with Crippen LogP contribution in [-0.4, -0.2) is 10.9 Å². The zero-order valence-electron chi connectivity index (χ0n) is 12.0. The maximum absolute atomic E-state index is 11.5. The molecule has 1 heterocycles. The van der Waals surface area contributed by atoms with Gasteiger partial charge in [-0.05, 0) is 36.6 Å². The van der Waals surface area contributed by atoms with Crippen LogP contribution in [0.2, 0.25) is 0 Å². The van der Waals surface area contributed by atoms with E-state index in [1.807, 2.05) is 25.1 Å². The van der Waals surface area contributed by atoms with Crippen LogP contribution in [0.3, 0.4) is 0 Å². The molecule has 0 saturated carbocycles. The van der Waals surface area contributed by atoms with Gasteiger partial charge < -0.3 is 11.1 Å². The Labute approximate surface area is 119 Å². The Kier molecular flexibility index (Phi) is 4.03. The first kappa shape index (κ1) is 14.1. The maximum Gasteiger partial charge on any atom is 0.250 e. The van der Waals surface area contributed by atoms with E-state index in [9.17, 15) is 4.79 Å². The van der Waals surface area contributed by atoms with E-state index in [1.165, 1.54) is 0 Å². The molecule has 2 aromatic rings. The van der Waals surface area contributed by atoms with Crippen molar-refractivity contribution < 1.29 is 4.79 Å². The summed E-state index contributed by atoms with van der Waals surface area (Å²) in [7, 11) is 0. The highest BCUT2D eigenvalue weighted by atomic mass is 16.1. The van der Waals surface area contributed by atoms with E-state index in [4.69, 9.17) is 5.73 Å². The minimum Gasteiger partial charge on any atom is -0.366 e. The Morgan fingerprint density at radius 2 is 1.95 bits per heavy atom. The van der Waals surface area contributed by atoms with Crippen molar-refractivity contribution in [2.75, 3.05) is 5.32 Å². The van der Waals surface area contributed by atoms with Gasteiger partial charge in [-0.15, -0.1) is 0 Å². The molecule has 0 fully saturated rings. The van der Waals surface area contributed by atoms with Crippen LogP contribution in [-0.2, 0) is 0 Å². The van der Waals surface area contributed by atoms with Crippen LogP contribution >= 0.6 is 0 Å². The minimum absolute atomic E-state index is 0.290. The topological polar surface area (TPSA) is 68.0 Å². The molecule has 0 saturated heterocycles. The minimum atomic E-state index is -0.444. The predicted octanol–water partition coefficient (Wildman–Crippen LogP) is 3.36. The second-order valence-electron chi connectivity index (χ2n) is 5.08. The lowest BCUT2D eigenvalue weighted by molar-refractivity contribution is 0.100. The number of hydrogen-bond acceptors (Lipinski definition) is 3. The number of amides is 1. The van der Waals surface area contributed by atoms with E-state index in [0.717, 1.165) is 16.9 Å². The third kappa shape index (κ3) is 2.79. The summed E-state index contributed by atoms with van der Waals surface area (Å²) < 4.78 is 0. The molecule has 4 heteroatoms. The van der Waals surface area contributed by atoms with E-state index < -0.39 is 5.91 Å². The number of rotatable bonds is 4. The van der Waals surface area contributed by atoms with Crippen LogP contribution in [0.1, 0.15) is 41.4 Å². The number of nitrogens with zero attached hydrogens (tertiary/aromatic N) is 1. The average molecular weight is 269 g/mol. The summed E-state index contributed by atoms with van der Waals surface area (Å²) in [5.41, 5.74) is 9.60. The fraction of sp³-hybridized carbons (Fsp3) is 0.250. The number of aromatic nitrogens is 1. The fourth-order valence-electron chi connectivity index (χ4n) is 2.12. The molecule has 1 amide bonds. The van der Waals surface area contributed by atoms with E-state index >= 15 is 0 Å². The number of hydrogen-bond donors (Lipinski definition) is 2. The van der Waals surface area contributed by atoms with Gasteiger partial charge in [-0.1, -0.05) is 26.0 Å². The summed E-state index contributed by atoms with van der Waals surface area (Å²) in [6, 6.07) is 9.17. The molecular formula is C16H19N3O. The first-order valence-electron chi connectivity index (χ1n) is 6.62. The lowest BCUT2D eigenvalue weighted by Gasteiger charge is -2.17. The number of para-hydroxylation sites is 1. The summed E-state index contributed by atoms with van der Waals surface area (Å²) in [5, 5.41) is 3.31. The molecule has 0 aliphatic carbocycles. The largest absolute Gasteiger partial charge is 0.366 e. The van der Waals surface area contributed by atoms with E-state index in [-0.39, 0.29) is 5.92 Å². The van der Waals surface area contributed by atoms with Crippen molar-refractivity contribution in [1.82, 2.24) is 4.98 Å². The van der Waals surface area contributed by atoms with Gasteiger partial charge in [-0.2, -0.15) is 0 Å². The molecule has 2 rings (SSSR count). The Morgan fingerprint density at radius 3 is 2.60 bits per heavy atom. The van der Waals surface area contributed by atoms with Gasteiger partial charge in [0.1, 0.15) is 0 Å². The van der Waals surface area contributed by atoms with Crippen molar-refractivity contribution >= 4 is 17.3 Å². The molecular weight excluding hydrogens is 250 g/mol. The lowest BCUT2D eigenvalue weighted by Crippen LogP contribution is -2.14. The summed E-state index contributed by atoms with van der Waals surface area (Å²) in [4.78, 5) is 15.9. The van der Waals surface area contributed by atoms with Crippen molar-refractivity contribution in [1.29, 1.82) is 0 Å². The van der Waals surface area contributed by atoms with E-state index in [1.54, 1.807) is 18.3 Å². The third-order valence-electron chi connectivity index (χ3n) is 3.19. The number of pyridine rings is 1. The highest BCUT2D eigenvalue weighted by Crippen LogP contribution is 2.29. The van der Waals surface area contributed by atoms with Crippen LogP contribution in [0.15, 0.2) is 36.5 Å². The van der Waals surface area contributed by atoms with Crippen LogP contribution in [0.25, 0.3) is 0 Å². The second kappa shape index (κ2) is 5.74. The number of anilines is 2. The smallest absolute Gasteiger partial charge is 0.250 e.